The number of aromatic amines is 1. The standard InChI is InChI=1S/C24H27N5O4/c1-14(30)28(2)10-9-20-22(31)21(24-26-18-7-5-6-8-19(18)27-24)23(25)29(20)15-11-16(32-3)13-17(12-15)33-4/h5-8,11-13,20,25,31H,9-10H2,1-4H3,(H,26,27). The summed E-state index contributed by atoms with van der Waals surface area (Å²) in [5, 5.41) is 20.3. The molecule has 0 aliphatic carbocycles. The van der Waals surface area contributed by atoms with Crippen LogP contribution >= 0.6 is 0 Å². The number of hydrogen-bond donors (Lipinski definition) is 3. The first kappa shape index (κ1) is 22.2. The Morgan fingerprint density at radius 1 is 1.21 bits per heavy atom. The van der Waals surface area contributed by atoms with E-state index in [0.29, 0.717) is 41.5 Å². The largest absolute Gasteiger partial charge is 0.509 e. The number of nitrogens with one attached hydrogen (secondary N) is 2. The Bertz CT molecular complexity index is 1190. The number of aliphatic hydroxyl groups is 1. The third kappa shape index (κ3) is 4.09. The van der Waals surface area contributed by atoms with Crippen LogP contribution < -0.4 is 14.4 Å². The quantitative estimate of drug-likeness (QED) is 0.508. The number of methoxy groups -OCH3 is 2. The molecule has 9 heteroatoms. The minimum absolute atomic E-state index is 0.0257. The second kappa shape index (κ2) is 8.85. The van der Waals surface area contributed by atoms with E-state index in [0.717, 1.165) is 11.0 Å². The zero-order chi connectivity index (χ0) is 23.7. The van der Waals surface area contributed by atoms with Crippen molar-refractivity contribution >= 4 is 34.0 Å². The van der Waals surface area contributed by atoms with Gasteiger partial charge < -0.3 is 29.4 Å². The minimum atomic E-state index is -0.570. The number of aromatic nitrogens is 2. The van der Waals surface area contributed by atoms with Crippen molar-refractivity contribution in [3.8, 4) is 11.5 Å². The predicted octanol–water partition coefficient (Wildman–Crippen LogP) is 3.58. The fourth-order valence-corrected chi connectivity index (χ4v) is 3.97. The molecule has 1 aliphatic heterocycles. The van der Waals surface area contributed by atoms with Crippen LogP contribution in [0.3, 0.4) is 0 Å². The van der Waals surface area contributed by atoms with Gasteiger partial charge in [-0.25, -0.2) is 4.98 Å². The van der Waals surface area contributed by atoms with Crippen LogP contribution in [0, 0.1) is 5.41 Å². The lowest BCUT2D eigenvalue weighted by Crippen LogP contribution is -2.38. The molecule has 0 saturated heterocycles. The number of fused-ring (bicyclic) bond motifs is 1. The number of rotatable bonds is 7. The molecular formula is C24H27N5O4. The number of carbonyl (C=O) groups excluding carboxylic acids is 1. The number of ether oxygens (including phenoxy) is 2. The van der Waals surface area contributed by atoms with Gasteiger partial charge in [0.1, 0.15) is 28.9 Å². The van der Waals surface area contributed by atoms with E-state index in [2.05, 4.69) is 9.97 Å². The maximum atomic E-state index is 11.7. The van der Waals surface area contributed by atoms with E-state index in [1.54, 1.807) is 49.3 Å². The van der Waals surface area contributed by atoms with E-state index in [1.807, 2.05) is 24.3 Å². The summed E-state index contributed by atoms with van der Waals surface area (Å²) in [6, 6.07) is 12.3. The average Bonchev–Trinajstić information content (AvgIpc) is 3.34. The van der Waals surface area contributed by atoms with Gasteiger partial charge in [-0.2, -0.15) is 0 Å². The van der Waals surface area contributed by atoms with Crippen molar-refractivity contribution in [2.75, 3.05) is 32.7 Å². The SMILES string of the molecule is COc1cc(OC)cc(N2C(=N)C(c3nc4ccccc4[nH]3)=C(O)C2CCN(C)C(C)=O)c1. The maximum absolute atomic E-state index is 11.7. The zero-order valence-electron chi connectivity index (χ0n) is 19.0. The van der Waals surface area contributed by atoms with Gasteiger partial charge in [0.2, 0.25) is 5.91 Å². The summed E-state index contributed by atoms with van der Waals surface area (Å²) in [5.74, 6) is 1.59. The van der Waals surface area contributed by atoms with Crippen LogP contribution in [0.25, 0.3) is 16.6 Å². The number of aliphatic hydroxyl groups excluding tert-OH is 1. The number of carbonyl (C=O) groups is 1. The number of nitrogens with zero attached hydrogens (tertiary/aromatic N) is 3. The van der Waals surface area contributed by atoms with Gasteiger partial charge in [0.25, 0.3) is 0 Å². The summed E-state index contributed by atoms with van der Waals surface area (Å²) in [6.07, 6.45) is 0.410. The summed E-state index contributed by atoms with van der Waals surface area (Å²) in [4.78, 5) is 22.9. The molecule has 3 N–H and O–H groups in total. The Kier molecular flexibility index (Phi) is 5.95. The normalized spacial score (nSPS) is 15.9. The van der Waals surface area contributed by atoms with Gasteiger partial charge in [-0.3, -0.25) is 10.2 Å². The zero-order valence-corrected chi connectivity index (χ0v) is 19.0. The van der Waals surface area contributed by atoms with Gasteiger partial charge in [0, 0.05) is 38.7 Å². The molecule has 0 bridgehead atoms. The van der Waals surface area contributed by atoms with Gasteiger partial charge in [0.05, 0.1) is 42.6 Å². The van der Waals surface area contributed by atoms with E-state index in [1.165, 1.54) is 6.92 Å². The van der Waals surface area contributed by atoms with Crippen LogP contribution in [-0.2, 0) is 4.79 Å². The molecular weight excluding hydrogens is 422 g/mol. The molecule has 0 saturated carbocycles. The molecule has 0 radical (unpaired) electrons. The number of H-pyrrole nitrogens is 1. The molecule has 172 valence electrons. The second-order valence-corrected chi connectivity index (χ2v) is 7.90. The van der Waals surface area contributed by atoms with Crippen molar-refractivity contribution < 1.29 is 19.4 Å². The maximum Gasteiger partial charge on any atom is 0.219 e. The lowest BCUT2D eigenvalue weighted by atomic mass is 10.1. The molecule has 1 atom stereocenters. The highest BCUT2D eigenvalue weighted by Crippen LogP contribution is 2.39. The van der Waals surface area contributed by atoms with Crippen LogP contribution in [0.4, 0.5) is 5.69 Å². The molecule has 9 nitrogen and oxygen atoms in total. The Morgan fingerprint density at radius 2 is 1.88 bits per heavy atom. The number of anilines is 1. The predicted molar refractivity (Wildman–Crippen MR) is 127 cm³/mol. The molecule has 3 aromatic rings. The number of amidine groups is 1. The van der Waals surface area contributed by atoms with Crippen molar-refractivity contribution in [1.29, 1.82) is 5.41 Å². The van der Waals surface area contributed by atoms with Crippen LogP contribution in [-0.4, -0.2) is 65.6 Å². The van der Waals surface area contributed by atoms with Gasteiger partial charge >= 0.3 is 0 Å². The van der Waals surface area contributed by atoms with E-state index in [-0.39, 0.29) is 17.5 Å². The minimum Gasteiger partial charge on any atom is -0.509 e. The lowest BCUT2D eigenvalue weighted by molar-refractivity contribution is -0.127. The highest BCUT2D eigenvalue weighted by atomic mass is 16.5. The van der Waals surface area contributed by atoms with Crippen LogP contribution in [0.1, 0.15) is 19.2 Å². The van der Waals surface area contributed by atoms with Gasteiger partial charge in [-0.05, 0) is 18.6 Å². The monoisotopic (exact) mass is 449 g/mol. The lowest BCUT2D eigenvalue weighted by Gasteiger charge is -2.29. The summed E-state index contributed by atoms with van der Waals surface area (Å²) < 4.78 is 10.8. The van der Waals surface area contributed by atoms with Crippen molar-refractivity contribution in [3.05, 3.63) is 54.0 Å². The smallest absolute Gasteiger partial charge is 0.219 e. The van der Waals surface area contributed by atoms with Crippen LogP contribution in [0.5, 0.6) is 11.5 Å². The Morgan fingerprint density at radius 3 is 2.48 bits per heavy atom. The summed E-state index contributed by atoms with van der Waals surface area (Å²) in [6.45, 7) is 1.90. The highest BCUT2D eigenvalue weighted by Gasteiger charge is 2.40. The molecule has 1 amide bonds. The van der Waals surface area contributed by atoms with Crippen LogP contribution in [0.2, 0.25) is 0 Å². The van der Waals surface area contributed by atoms with Crippen LogP contribution in [0.15, 0.2) is 48.2 Å². The second-order valence-electron chi connectivity index (χ2n) is 7.90. The number of amides is 1. The molecule has 1 aliphatic rings. The highest BCUT2D eigenvalue weighted by molar-refractivity contribution is 6.31. The average molecular weight is 450 g/mol. The first-order chi connectivity index (χ1) is 15.8. The fourth-order valence-electron chi connectivity index (χ4n) is 3.97. The Hall–Kier alpha value is -4.01. The van der Waals surface area contributed by atoms with E-state index < -0.39 is 6.04 Å². The van der Waals surface area contributed by atoms with Crippen molar-refractivity contribution in [2.24, 2.45) is 0 Å². The third-order valence-corrected chi connectivity index (χ3v) is 5.88. The molecule has 1 aromatic heterocycles. The van der Waals surface area contributed by atoms with E-state index in [4.69, 9.17) is 14.9 Å². The van der Waals surface area contributed by atoms with Gasteiger partial charge in [-0.15, -0.1) is 0 Å². The summed E-state index contributed by atoms with van der Waals surface area (Å²) in [7, 11) is 4.83. The summed E-state index contributed by atoms with van der Waals surface area (Å²) >= 11 is 0. The van der Waals surface area contributed by atoms with E-state index in [9.17, 15) is 9.90 Å². The van der Waals surface area contributed by atoms with Crippen molar-refractivity contribution in [1.82, 2.24) is 14.9 Å². The number of hydrogen-bond acceptors (Lipinski definition) is 6. The first-order valence-corrected chi connectivity index (χ1v) is 10.5. The molecule has 1 unspecified atom stereocenters. The summed E-state index contributed by atoms with van der Waals surface area (Å²) in [5.41, 5.74) is 2.51. The molecule has 2 heterocycles. The Labute approximate surface area is 191 Å². The fraction of sp³-hybridized carbons (Fsp3) is 0.292. The molecule has 0 fully saturated rings. The van der Waals surface area contributed by atoms with Crippen molar-refractivity contribution in [2.45, 2.75) is 19.4 Å². The number of benzene rings is 2. The third-order valence-electron chi connectivity index (χ3n) is 5.88. The molecule has 33 heavy (non-hydrogen) atoms. The van der Waals surface area contributed by atoms with Gasteiger partial charge in [-0.1, -0.05) is 12.1 Å². The van der Waals surface area contributed by atoms with Gasteiger partial charge in [0.15, 0.2) is 0 Å². The van der Waals surface area contributed by atoms with E-state index >= 15 is 0 Å². The number of imidazole rings is 1. The molecule has 2 aromatic carbocycles. The van der Waals surface area contributed by atoms with Crippen molar-refractivity contribution in [3.63, 3.8) is 0 Å². The number of para-hydroxylation sites is 2. The molecule has 4 rings (SSSR count). The first-order valence-electron chi connectivity index (χ1n) is 10.5. The molecule has 0 spiro atoms. The Balaban J connectivity index is 1.80. The topological polar surface area (TPSA) is 115 Å².